The van der Waals surface area contributed by atoms with Crippen LogP contribution in [0.3, 0.4) is 0 Å². The minimum absolute atomic E-state index is 0.198. The highest BCUT2D eigenvalue weighted by molar-refractivity contribution is 5.55. The predicted octanol–water partition coefficient (Wildman–Crippen LogP) is 6.85. The molecule has 0 spiro atoms. The fraction of sp³-hybridized carbons (Fsp3) is 0.379. The maximum atomic E-state index is 3.67. The zero-order valence-electron chi connectivity index (χ0n) is 20.8. The number of hydrogen-bond acceptors (Lipinski definition) is 3. The molecule has 0 aliphatic heterocycles. The maximum absolute atomic E-state index is 3.67. The van der Waals surface area contributed by atoms with Gasteiger partial charge in [-0.1, -0.05) is 56.7 Å². The largest absolute Gasteiger partial charge is 0.382 e. The Balaban J connectivity index is 1.95. The van der Waals surface area contributed by atoms with E-state index in [1.165, 1.54) is 40.2 Å². The van der Waals surface area contributed by atoms with E-state index >= 15 is 0 Å². The van der Waals surface area contributed by atoms with E-state index in [1.807, 2.05) is 0 Å². The molecule has 170 valence electrons. The predicted molar refractivity (Wildman–Crippen MR) is 141 cm³/mol. The van der Waals surface area contributed by atoms with Crippen LogP contribution >= 0.6 is 0 Å². The van der Waals surface area contributed by atoms with Crippen LogP contribution in [0.1, 0.15) is 49.8 Å². The van der Waals surface area contributed by atoms with Gasteiger partial charge in [0, 0.05) is 57.2 Å². The summed E-state index contributed by atoms with van der Waals surface area (Å²) >= 11 is 0. The minimum Gasteiger partial charge on any atom is -0.382 e. The van der Waals surface area contributed by atoms with Gasteiger partial charge in [-0.3, -0.25) is 0 Å². The molecule has 0 aliphatic rings. The topological polar surface area (TPSA) is 18.5 Å². The maximum Gasteiger partial charge on any atom is 0.0361 e. The van der Waals surface area contributed by atoms with E-state index in [0.29, 0.717) is 12.0 Å². The van der Waals surface area contributed by atoms with E-state index < -0.39 is 0 Å². The van der Waals surface area contributed by atoms with Gasteiger partial charge in [0.2, 0.25) is 0 Å². The van der Waals surface area contributed by atoms with Crippen LogP contribution in [0.25, 0.3) is 0 Å². The van der Waals surface area contributed by atoms with Gasteiger partial charge in [-0.25, -0.2) is 0 Å². The lowest BCUT2D eigenvalue weighted by Crippen LogP contribution is -2.23. The first kappa shape index (κ1) is 23.7. The molecule has 3 heteroatoms. The molecule has 2 unspecified atom stereocenters. The van der Waals surface area contributed by atoms with Crippen molar-refractivity contribution >= 4 is 17.1 Å². The fourth-order valence-electron chi connectivity index (χ4n) is 4.04. The summed E-state index contributed by atoms with van der Waals surface area (Å²) in [5.41, 5.74) is 7.54. The van der Waals surface area contributed by atoms with Crippen molar-refractivity contribution in [3.63, 3.8) is 0 Å². The summed E-state index contributed by atoms with van der Waals surface area (Å²) in [4.78, 5) is 4.28. The Hall–Kier alpha value is -2.94. The third-order valence-corrected chi connectivity index (χ3v) is 6.62. The van der Waals surface area contributed by atoms with Crippen molar-refractivity contribution in [2.24, 2.45) is 5.92 Å². The number of anilines is 3. The second-order valence-electron chi connectivity index (χ2n) is 9.35. The first-order valence-corrected chi connectivity index (χ1v) is 11.7. The molecule has 3 rings (SSSR count). The zero-order valence-corrected chi connectivity index (χ0v) is 20.8. The molecule has 32 heavy (non-hydrogen) atoms. The highest BCUT2D eigenvalue weighted by Crippen LogP contribution is 2.34. The van der Waals surface area contributed by atoms with Crippen molar-refractivity contribution in [3.8, 4) is 0 Å². The number of nitrogens with zero attached hydrogens (tertiary/aromatic N) is 2. The molecule has 3 nitrogen and oxygen atoms in total. The SMILES string of the molecule is CCC(C)C(C)Nc1ccc(C(c2ccc(N(C)C)cc2)c2ccc(N(C)C)cc2)cc1. The molecule has 0 heterocycles. The summed E-state index contributed by atoms with van der Waals surface area (Å²) in [7, 11) is 8.33. The molecule has 0 saturated heterocycles. The Kier molecular flexibility index (Phi) is 7.84. The van der Waals surface area contributed by atoms with Gasteiger partial charge in [0.25, 0.3) is 0 Å². The van der Waals surface area contributed by atoms with Crippen molar-refractivity contribution in [1.82, 2.24) is 0 Å². The van der Waals surface area contributed by atoms with Gasteiger partial charge in [0.1, 0.15) is 0 Å². The molecule has 0 saturated carbocycles. The van der Waals surface area contributed by atoms with Crippen LogP contribution < -0.4 is 15.1 Å². The quantitative estimate of drug-likeness (QED) is 0.375. The number of benzene rings is 3. The van der Waals surface area contributed by atoms with Crippen molar-refractivity contribution in [3.05, 3.63) is 89.5 Å². The van der Waals surface area contributed by atoms with Crippen LogP contribution in [0.4, 0.5) is 17.1 Å². The van der Waals surface area contributed by atoms with Crippen LogP contribution in [0.2, 0.25) is 0 Å². The van der Waals surface area contributed by atoms with Gasteiger partial charge in [-0.15, -0.1) is 0 Å². The normalized spacial score (nSPS) is 13.0. The Morgan fingerprint density at radius 2 is 1.00 bits per heavy atom. The fourth-order valence-corrected chi connectivity index (χ4v) is 4.04. The van der Waals surface area contributed by atoms with Crippen molar-refractivity contribution in [1.29, 1.82) is 0 Å². The third-order valence-electron chi connectivity index (χ3n) is 6.62. The molecule has 3 aromatic rings. The molecule has 0 fully saturated rings. The molecular weight excluding hydrogens is 390 g/mol. The summed E-state index contributed by atoms with van der Waals surface area (Å²) < 4.78 is 0. The molecule has 0 bridgehead atoms. The second kappa shape index (κ2) is 10.6. The van der Waals surface area contributed by atoms with Crippen molar-refractivity contribution in [2.45, 2.75) is 39.2 Å². The number of nitrogens with one attached hydrogen (secondary N) is 1. The van der Waals surface area contributed by atoms with E-state index in [0.717, 1.165) is 0 Å². The van der Waals surface area contributed by atoms with Gasteiger partial charge < -0.3 is 15.1 Å². The van der Waals surface area contributed by atoms with Crippen LogP contribution in [0.5, 0.6) is 0 Å². The lowest BCUT2D eigenvalue weighted by molar-refractivity contribution is 0.494. The Morgan fingerprint density at radius 3 is 1.34 bits per heavy atom. The molecular formula is C29H39N3. The first-order valence-electron chi connectivity index (χ1n) is 11.7. The van der Waals surface area contributed by atoms with Gasteiger partial charge in [-0.2, -0.15) is 0 Å². The van der Waals surface area contributed by atoms with Crippen LogP contribution in [0.15, 0.2) is 72.8 Å². The van der Waals surface area contributed by atoms with E-state index in [2.05, 4.69) is 137 Å². The average molecular weight is 430 g/mol. The smallest absolute Gasteiger partial charge is 0.0361 e. The summed E-state index contributed by atoms with van der Waals surface area (Å²) in [6.45, 7) is 6.82. The third kappa shape index (κ3) is 5.64. The second-order valence-corrected chi connectivity index (χ2v) is 9.35. The number of hydrogen-bond donors (Lipinski definition) is 1. The summed E-state index contributed by atoms with van der Waals surface area (Å²) in [5.74, 6) is 0.844. The Labute approximate surface area is 195 Å². The highest BCUT2D eigenvalue weighted by Gasteiger charge is 2.18. The van der Waals surface area contributed by atoms with Crippen LogP contribution in [-0.2, 0) is 0 Å². The summed E-state index contributed by atoms with van der Waals surface area (Å²) in [5, 5.41) is 3.67. The minimum atomic E-state index is 0.198. The van der Waals surface area contributed by atoms with Crippen molar-refractivity contribution in [2.75, 3.05) is 43.3 Å². The average Bonchev–Trinajstić information content (AvgIpc) is 2.80. The van der Waals surface area contributed by atoms with Gasteiger partial charge in [-0.05, 0) is 65.9 Å². The molecule has 0 amide bonds. The highest BCUT2D eigenvalue weighted by atomic mass is 15.1. The standard InChI is InChI=1S/C29H39N3/c1-8-21(2)22(3)30-26-15-9-23(10-16-26)29(24-11-17-27(18-12-24)31(4)5)25-13-19-28(20-14-25)32(6)7/h9-22,29-30H,8H2,1-7H3. The molecule has 0 aliphatic carbocycles. The van der Waals surface area contributed by atoms with Gasteiger partial charge >= 0.3 is 0 Å². The van der Waals surface area contributed by atoms with Crippen molar-refractivity contribution < 1.29 is 0 Å². The van der Waals surface area contributed by atoms with Gasteiger partial charge in [0.05, 0.1) is 0 Å². The summed E-state index contributed by atoms with van der Waals surface area (Å²) in [6, 6.07) is 27.3. The Bertz CT molecular complexity index is 905. The van der Waals surface area contributed by atoms with E-state index in [4.69, 9.17) is 0 Å². The van der Waals surface area contributed by atoms with E-state index in [1.54, 1.807) is 0 Å². The van der Waals surface area contributed by atoms with Crippen LogP contribution in [-0.4, -0.2) is 34.2 Å². The first-order chi connectivity index (χ1) is 15.3. The monoisotopic (exact) mass is 429 g/mol. The van der Waals surface area contributed by atoms with E-state index in [9.17, 15) is 0 Å². The molecule has 3 aromatic carbocycles. The lowest BCUT2D eigenvalue weighted by Gasteiger charge is -2.23. The van der Waals surface area contributed by atoms with Gasteiger partial charge in [0.15, 0.2) is 0 Å². The van der Waals surface area contributed by atoms with Crippen LogP contribution in [0, 0.1) is 5.92 Å². The molecule has 0 radical (unpaired) electrons. The Morgan fingerprint density at radius 1 is 0.625 bits per heavy atom. The molecule has 1 N–H and O–H groups in total. The zero-order chi connectivity index (χ0) is 23.3. The number of rotatable bonds is 9. The summed E-state index contributed by atoms with van der Waals surface area (Å²) in [6.07, 6.45) is 1.18. The molecule has 2 atom stereocenters. The lowest BCUT2D eigenvalue weighted by atomic mass is 9.85. The van der Waals surface area contributed by atoms with E-state index in [-0.39, 0.29) is 5.92 Å². The molecule has 0 aromatic heterocycles.